The van der Waals surface area contributed by atoms with E-state index in [2.05, 4.69) is 15.4 Å². The standard InChI is InChI=1S/C17H24N2O3S2.ClH/c1-22-17(21)5-7-23-11-13-3-2-4-14(9-13)19-16(20)10-15-12-24-8-6-18-15;/h2-4,9,15,18H,5-8,10-12H2,1H3,(H,19,20);1H. The fourth-order valence-electron chi connectivity index (χ4n) is 2.37. The number of carbonyl (C=O) groups excluding carboxylic acids is 2. The average molecular weight is 405 g/mol. The lowest BCUT2D eigenvalue weighted by Crippen LogP contribution is -2.39. The molecule has 1 aliphatic rings. The van der Waals surface area contributed by atoms with Gasteiger partial charge in [-0.25, -0.2) is 0 Å². The van der Waals surface area contributed by atoms with Crippen LogP contribution < -0.4 is 10.6 Å². The predicted octanol–water partition coefficient (Wildman–Crippen LogP) is 2.94. The largest absolute Gasteiger partial charge is 0.469 e. The summed E-state index contributed by atoms with van der Waals surface area (Å²) >= 11 is 3.57. The normalized spacial score (nSPS) is 16.6. The summed E-state index contributed by atoms with van der Waals surface area (Å²) in [5, 5.41) is 6.35. The molecular weight excluding hydrogens is 380 g/mol. The molecule has 2 N–H and O–H groups in total. The lowest BCUT2D eigenvalue weighted by molar-refractivity contribution is -0.140. The van der Waals surface area contributed by atoms with E-state index in [-0.39, 0.29) is 30.3 Å². The van der Waals surface area contributed by atoms with Crippen LogP contribution in [0.15, 0.2) is 24.3 Å². The van der Waals surface area contributed by atoms with Crippen molar-refractivity contribution in [2.24, 2.45) is 0 Å². The Bertz CT molecular complexity index is 554. The van der Waals surface area contributed by atoms with Gasteiger partial charge in [0, 0.05) is 47.7 Å². The summed E-state index contributed by atoms with van der Waals surface area (Å²) < 4.78 is 4.62. The Morgan fingerprint density at radius 2 is 2.28 bits per heavy atom. The van der Waals surface area contributed by atoms with Crippen LogP contribution in [0.5, 0.6) is 0 Å². The van der Waals surface area contributed by atoms with E-state index in [9.17, 15) is 9.59 Å². The number of halogens is 1. The van der Waals surface area contributed by atoms with Crippen molar-refractivity contribution in [2.45, 2.75) is 24.6 Å². The molecule has 0 aliphatic carbocycles. The monoisotopic (exact) mass is 404 g/mol. The molecule has 0 radical (unpaired) electrons. The van der Waals surface area contributed by atoms with Crippen LogP contribution in [0.3, 0.4) is 0 Å². The molecule has 1 unspecified atom stereocenters. The highest BCUT2D eigenvalue weighted by Gasteiger charge is 2.16. The van der Waals surface area contributed by atoms with Crippen molar-refractivity contribution in [3.05, 3.63) is 29.8 Å². The quantitative estimate of drug-likeness (QED) is 0.513. The third-order valence-electron chi connectivity index (χ3n) is 3.59. The topological polar surface area (TPSA) is 67.4 Å². The summed E-state index contributed by atoms with van der Waals surface area (Å²) in [7, 11) is 1.40. The van der Waals surface area contributed by atoms with Crippen LogP contribution in [0, 0.1) is 0 Å². The van der Waals surface area contributed by atoms with E-state index in [0.717, 1.165) is 40.8 Å². The molecule has 1 aromatic carbocycles. The molecule has 0 spiro atoms. The Balaban J connectivity index is 0.00000312. The van der Waals surface area contributed by atoms with Crippen LogP contribution in [0.4, 0.5) is 5.69 Å². The maximum absolute atomic E-state index is 12.1. The first-order valence-electron chi connectivity index (χ1n) is 8.02. The number of methoxy groups -OCH3 is 1. The van der Waals surface area contributed by atoms with Gasteiger partial charge in [0.15, 0.2) is 0 Å². The number of rotatable bonds is 8. The van der Waals surface area contributed by atoms with Crippen molar-refractivity contribution in [1.29, 1.82) is 0 Å². The molecule has 5 nitrogen and oxygen atoms in total. The number of hydrogen-bond donors (Lipinski definition) is 2. The Labute approximate surface area is 163 Å². The number of benzene rings is 1. The van der Waals surface area contributed by atoms with Crippen LogP contribution in [0.2, 0.25) is 0 Å². The van der Waals surface area contributed by atoms with E-state index < -0.39 is 0 Å². The summed E-state index contributed by atoms with van der Waals surface area (Å²) in [5.74, 6) is 3.51. The molecule has 1 heterocycles. The Kier molecular flexibility index (Phi) is 11.0. The maximum atomic E-state index is 12.1. The number of ether oxygens (including phenoxy) is 1. The van der Waals surface area contributed by atoms with E-state index in [1.165, 1.54) is 7.11 Å². The minimum Gasteiger partial charge on any atom is -0.469 e. The summed E-state index contributed by atoms with van der Waals surface area (Å²) in [6.07, 6.45) is 0.926. The summed E-state index contributed by atoms with van der Waals surface area (Å²) in [6, 6.07) is 8.14. The molecule has 1 saturated heterocycles. The molecule has 1 aliphatic heterocycles. The van der Waals surface area contributed by atoms with E-state index in [1.54, 1.807) is 11.8 Å². The first kappa shape index (κ1) is 22.2. The van der Waals surface area contributed by atoms with Gasteiger partial charge in [-0.2, -0.15) is 23.5 Å². The molecule has 8 heteroatoms. The van der Waals surface area contributed by atoms with Gasteiger partial charge in [0.25, 0.3) is 0 Å². The van der Waals surface area contributed by atoms with Gasteiger partial charge in [0.1, 0.15) is 0 Å². The minimum atomic E-state index is -0.182. The smallest absolute Gasteiger partial charge is 0.306 e. The number of carbonyl (C=O) groups is 2. The molecule has 25 heavy (non-hydrogen) atoms. The third kappa shape index (κ3) is 8.85. The molecule has 1 aromatic rings. The van der Waals surface area contributed by atoms with Crippen molar-refractivity contribution in [1.82, 2.24) is 5.32 Å². The van der Waals surface area contributed by atoms with Gasteiger partial charge in [0.05, 0.1) is 13.5 Å². The van der Waals surface area contributed by atoms with Crippen molar-refractivity contribution in [2.75, 3.05) is 36.2 Å². The second kappa shape index (κ2) is 12.5. The fourth-order valence-corrected chi connectivity index (χ4v) is 4.19. The third-order valence-corrected chi connectivity index (χ3v) is 5.75. The highest BCUT2D eigenvalue weighted by molar-refractivity contribution is 7.99. The van der Waals surface area contributed by atoms with Gasteiger partial charge in [-0.15, -0.1) is 12.4 Å². The van der Waals surface area contributed by atoms with E-state index in [0.29, 0.717) is 12.8 Å². The predicted molar refractivity (Wildman–Crippen MR) is 109 cm³/mol. The molecule has 0 aromatic heterocycles. The van der Waals surface area contributed by atoms with Gasteiger partial charge in [-0.3, -0.25) is 9.59 Å². The molecular formula is C17H25ClN2O3S2. The van der Waals surface area contributed by atoms with Crippen LogP contribution in [-0.4, -0.2) is 48.8 Å². The zero-order chi connectivity index (χ0) is 17.2. The van der Waals surface area contributed by atoms with E-state index in [4.69, 9.17) is 0 Å². The lowest BCUT2D eigenvalue weighted by Gasteiger charge is -2.22. The molecule has 1 amide bonds. The minimum absolute atomic E-state index is 0. The van der Waals surface area contributed by atoms with Crippen molar-refractivity contribution >= 4 is 53.5 Å². The fraction of sp³-hybridized carbons (Fsp3) is 0.529. The Morgan fingerprint density at radius 1 is 1.44 bits per heavy atom. The number of anilines is 1. The Hall–Kier alpha value is -0.890. The molecule has 0 saturated carbocycles. The SMILES string of the molecule is COC(=O)CCSCc1cccc(NC(=O)CC2CSCCN2)c1.Cl. The van der Waals surface area contributed by atoms with Crippen molar-refractivity contribution in [3.8, 4) is 0 Å². The summed E-state index contributed by atoms with van der Waals surface area (Å²) in [5.41, 5.74) is 1.96. The maximum Gasteiger partial charge on any atom is 0.306 e. The van der Waals surface area contributed by atoms with Crippen LogP contribution in [0.1, 0.15) is 18.4 Å². The summed E-state index contributed by atoms with van der Waals surface area (Å²) in [4.78, 5) is 23.2. The molecule has 140 valence electrons. The number of thioether (sulfide) groups is 2. The highest BCUT2D eigenvalue weighted by Crippen LogP contribution is 2.18. The van der Waals surface area contributed by atoms with Crippen LogP contribution in [-0.2, 0) is 20.1 Å². The van der Waals surface area contributed by atoms with E-state index >= 15 is 0 Å². The second-order valence-corrected chi connectivity index (χ2v) is 7.81. The van der Waals surface area contributed by atoms with Crippen LogP contribution >= 0.6 is 35.9 Å². The Morgan fingerprint density at radius 3 is 3.00 bits per heavy atom. The lowest BCUT2D eigenvalue weighted by atomic mass is 10.2. The molecule has 2 rings (SSSR count). The number of amides is 1. The number of esters is 1. The van der Waals surface area contributed by atoms with E-state index in [1.807, 2.05) is 36.0 Å². The van der Waals surface area contributed by atoms with Gasteiger partial charge in [0.2, 0.25) is 5.91 Å². The van der Waals surface area contributed by atoms with Crippen molar-refractivity contribution < 1.29 is 14.3 Å². The van der Waals surface area contributed by atoms with Crippen molar-refractivity contribution in [3.63, 3.8) is 0 Å². The van der Waals surface area contributed by atoms with Crippen LogP contribution in [0.25, 0.3) is 0 Å². The first-order chi connectivity index (χ1) is 11.7. The second-order valence-electron chi connectivity index (χ2n) is 5.56. The molecule has 1 atom stereocenters. The summed E-state index contributed by atoms with van der Waals surface area (Å²) in [6.45, 7) is 0.973. The first-order valence-corrected chi connectivity index (χ1v) is 10.3. The zero-order valence-corrected chi connectivity index (χ0v) is 16.7. The highest BCUT2D eigenvalue weighted by atomic mass is 35.5. The van der Waals surface area contributed by atoms with Gasteiger partial charge in [-0.1, -0.05) is 12.1 Å². The molecule has 1 fully saturated rings. The zero-order valence-electron chi connectivity index (χ0n) is 14.3. The van der Waals surface area contributed by atoms with Gasteiger partial charge < -0.3 is 15.4 Å². The average Bonchev–Trinajstić information content (AvgIpc) is 2.59. The number of hydrogen-bond acceptors (Lipinski definition) is 6. The molecule has 0 bridgehead atoms. The number of nitrogens with one attached hydrogen (secondary N) is 2. The van der Waals surface area contributed by atoms with Gasteiger partial charge >= 0.3 is 5.97 Å². The van der Waals surface area contributed by atoms with Gasteiger partial charge in [-0.05, 0) is 17.7 Å².